The van der Waals surface area contributed by atoms with Gasteiger partial charge in [0.05, 0.1) is 5.56 Å². The Morgan fingerprint density at radius 3 is 2.12 bits per heavy atom. The molecule has 1 aliphatic rings. The van der Waals surface area contributed by atoms with Gasteiger partial charge in [-0.25, -0.2) is 0 Å². The van der Waals surface area contributed by atoms with Crippen molar-refractivity contribution in [2.24, 2.45) is 0 Å². The molecule has 0 heterocycles. The summed E-state index contributed by atoms with van der Waals surface area (Å²) < 4.78 is 44.5. The minimum absolute atomic E-state index is 0.143. The van der Waals surface area contributed by atoms with Crippen LogP contribution in [0.2, 0.25) is 0 Å². The van der Waals surface area contributed by atoms with Gasteiger partial charge >= 0.3 is 6.18 Å². The van der Waals surface area contributed by atoms with Crippen molar-refractivity contribution in [3.63, 3.8) is 0 Å². The van der Waals surface area contributed by atoms with E-state index in [0.29, 0.717) is 28.1 Å². The first kappa shape index (κ1) is 29.4. The third kappa shape index (κ3) is 7.79. The Hall–Kier alpha value is -5.12. The topological polar surface area (TPSA) is 96.5 Å². The first-order valence-corrected chi connectivity index (χ1v) is 13.6. The van der Waals surface area contributed by atoms with Crippen LogP contribution in [0.4, 0.5) is 18.9 Å². The van der Waals surface area contributed by atoms with E-state index in [1.807, 2.05) is 6.07 Å². The molecule has 1 aliphatic carbocycles. The highest BCUT2D eigenvalue weighted by atomic mass is 19.4. The first-order valence-electron chi connectivity index (χ1n) is 13.6. The molecule has 3 N–H and O–H groups in total. The normalized spacial score (nSPS) is 13.5. The van der Waals surface area contributed by atoms with Crippen molar-refractivity contribution in [2.45, 2.75) is 31.1 Å². The number of benzene rings is 4. The molecule has 5 rings (SSSR count). The number of anilines is 1. The highest BCUT2D eigenvalue weighted by molar-refractivity contribution is 6.08. The van der Waals surface area contributed by atoms with Gasteiger partial charge in [-0.1, -0.05) is 60.7 Å². The van der Waals surface area contributed by atoms with Gasteiger partial charge in [0.15, 0.2) is 6.61 Å². The summed E-state index contributed by atoms with van der Waals surface area (Å²) in [5.41, 5.74) is 1.59. The minimum atomic E-state index is -4.45. The molecule has 4 aromatic rings. The van der Waals surface area contributed by atoms with Crippen LogP contribution in [-0.4, -0.2) is 30.4 Å². The number of hydrogen-bond donors (Lipinski definition) is 3. The van der Waals surface area contributed by atoms with E-state index in [2.05, 4.69) is 16.0 Å². The Morgan fingerprint density at radius 1 is 0.814 bits per heavy atom. The van der Waals surface area contributed by atoms with Crippen molar-refractivity contribution in [3.05, 3.63) is 120 Å². The zero-order valence-electron chi connectivity index (χ0n) is 22.9. The van der Waals surface area contributed by atoms with Crippen LogP contribution in [0.15, 0.2) is 103 Å². The van der Waals surface area contributed by atoms with Gasteiger partial charge < -0.3 is 20.7 Å². The van der Waals surface area contributed by atoms with Crippen molar-refractivity contribution >= 4 is 23.4 Å². The highest BCUT2D eigenvalue weighted by Gasteiger charge is 2.31. The van der Waals surface area contributed by atoms with E-state index in [9.17, 15) is 27.6 Å². The monoisotopic (exact) mass is 587 g/mol. The van der Waals surface area contributed by atoms with Crippen LogP contribution in [0.5, 0.6) is 5.75 Å². The molecule has 0 bridgehead atoms. The summed E-state index contributed by atoms with van der Waals surface area (Å²) in [5, 5.41) is 8.42. The summed E-state index contributed by atoms with van der Waals surface area (Å²) >= 11 is 0. The summed E-state index contributed by atoms with van der Waals surface area (Å²) in [4.78, 5) is 38.5. The van der Waals surface area contributed by atoms with Gasteiger partial charge in [0.1, 0.15) is 11.8 Å². The minimum Gasteiger partial charge on any atom is -0.484 e. The molecule has 220 valence electrons. The molecule has 0 spiro atoms. The number of rotatable bonds is 10. The van der Waals surface area contributed by atoms with Crippen molar-refractivity contribution in [1.29, 1.82) is 0 Å². The molecular formula is C33H28F3N3O4. The molecule has 0 radical (unpaired) electrons. The van der Waals surface area contributed by atoms with Gasteiger partial charge in [-0.3, -0.25) is 14.4 Å². The van der Waals surface area contributed by atoms with Gasteiger partial charge in [0, 0.05) is 17.3 Å². The number of carbonyl (C=O) groups excluding carboxylic acids is 3. The Labute approximate surface area is 246 Å². The number of nitrogens with one attached hydrogen (secondary N) is 3. The summed E-state index contributed by atoms with van der Waals surface area (Å²) in [6.45, 7) is -0.327. The van der Waals surface area contributed by atoms with E-state index < -0.39 is 29.6 Å². The third-order valence-corrected chi connectivity index (χ3v) is 6.80. The molecule has 1 fully saturated rings. The molecule has 1 saturated carbocycles. The van der Waals surface area contributed by atoms with Crippen LogP contribution < -0.4 is 20.7 Å². The number of amides is 3. The predicted molar refractivity (Wildman–Crippen MR) is 155 cm³/mol. The third-order valence-electron chi connectivity index (χ3n) is 6.80. The first-order chi connectivity index (χ1) is 20.7. The van der Waals surface area contributed by atoms with Crippen molar-refractivity contribution < 1.29 is 32.3 Å². The number of hydrogen-bond acceptors (Lipinski definition) is 4. The molecule has 3 amide bonds. The molecule has 0 saturated heterocycles. The van der Waals surface area contributed by atoms with E-state index in [1.54, 1.807) is 72.8 Å². The standard InChI is InChI=1S/C33H28F3N3O4/c34-33(35,36)23-12-10-21(11-13-23)27-8-4-5-9-28(27)31(41)37-25-16-18-26(19-17-25)43-20-29(40)39-30(22-6-2-1-3-7-22)32(42)38-24-14-15-24/h1-13,16-19,24,30H,14-15,20H2,(H,37,41)(H,38,42)(H,39,40)/t30-/m0/s1. The second-order valence-electron chi connectivity index (χ2n) is 10.1. The van der Waals surface area contributed by atoms with Gasteiger partial charge in [-0.15, -0.1) is 0 Å². The molecule has 0 unspecified atom stereocenters. The SMILES string of the molecule is O=C(COc1ccc(NC(=O)c2ccccc2-c2ccc(C(F)(F)F)cc2)cc1)N[C@H](C(=O)NC1CC1)c1ccccc1. The van der Waals surface area contributed by atoms with E-state index in [4.69, 9.17) is 4.74 Å². The summed E-state index contributed by atoms with van der Waals surface area (Å²) in [7, 11) is 0. The van der Waals surface area contributed by atoms with Crippen molar-refractivity contribution in [1.82, 2.24) is 10.6 Å². The number of alkyl halides is 3. The van der Waals surface area contributed by atoms with Crippen LogP contribution in [0.3, 0.4) is 0 Å². The van der Waals surface area contributed by atoms with Crippen molar-refractivity contribution in [2.75, 3.05) is 11.9 Å². The second-order valence-corrected chi connectivity index (χ2v) is 10.1. The van der Waals surface area contributed by atoms with Gasteiger partial charge in [-0.05, 0) is 72.0 Å². The lowest BCUT2D eigenvalue weighted by Crippen LogP contribution is -2.42. The molecule has 0 aliphatic heterocycles. The fraction of sp³-hybridized carbons (Fsp3) is 0.182. The fourth-order valence-corrected chi connectivity index (χ4v) is 4.41. The Balaban J connectivity index is 1.18. The number of halogens is 3. The highest BCUT2D eigenvalue weighted by Crippen LogP contribution is 2.32. The summed E-state index contributed by atoms with van der Waals surface area (Å²) in [5.74, 6) is -0.823. The maximum Gasteiger partial charge on any atom is 0.416 e. The van der Waals surface area contributed by atoms with Crippen LogP contribution in [0, 0.1) is 0 Å². The largest absolute Gasteiger partial charge is 0.484 e. The predicted octanol–water partition coefficient (Wildman–Crippen LogP) is 6.14. The van der Waals surface area contributed by atoms with Crippen LogP contribution >= 0.6 is 0 Å². The molecule has 10 heteroatoms. The Kier molecular flexibility index (Phi) is 8.75. The lowest BCUT2D eigenvalue weighted by atomic mass is 9.98. The van der Waals surface area contributed by atoms with E-state index >= 15 is 0 Å². The molecular weight excluding hydrogens is 559 g/mol. The molecule has 43 heavy (non-hydrogen) atoms. The van der Waals surface area contributed by atoms with E-state index in [-0.39, 0.29) is 24.1 Å². The van der Waals surface area contributed by atoms with Crippen LogP contribution in [-0.2, 0) is 15.8 Å². The quantitative estimate of drug-likeness (QED) is 0.208. The number of carbonyl (C=O) groups is 3. The summed E-state index contributed by atoms with van der Waals surface area (Å²) in [6, 6.07) is 25.9. The molecule has 1 atom stereocenters. The van der Waals surface area contributed by atoms with Crippen LogP contribution in [0.25, 0.3) is 11.1 Å². The fourth-order valence-electron chi connectivity index (χ4n) is 4.41. The van der Waals surface area contributed by atoms with Gasteiger partial charge in [0.2, 0.25) is 5.91 Å². The zero-order chi connectivity index (χ0) is 30.4. The average Bonchev–Trinajstić information content (AvgIpc) is 3.83. The molecule has 7 nitrogen and oxygen atoms in total. The number of ether oxygens (including phenoxy) is 1. The summed E-state index contributed by atoms with van der Waals surface area (Å²) in [6.07, 6.45) is -2.61. The molecule has 4 aromatic carbocycles. The smallest absolute Gasteiger partial charge is 0.416 e. The van der Waals surface area contributed by atoms with Gasteiger partial charge in [0.25, 0.3) is 11.8 Å². The zero-order valence-corrected chi connectivity index (χ0v) is 22.9. The van der Waals surface area contributed by atoms with Crippen molar-refractivity contribution in [3.8, 4) is 16.9 Å². The second kappa shape index (κ2) is 12.8. The lowest BCUT2D eigenvalue weighted by Gasteiger charge is -2.19. The lowest BCUT2D eigenvalue weighted by molar-refractivity contribution is -0.137. The van der Waals surface area contributed by atoms with E-state index in [1.165, 1.54) is 12.1 Å². The van der Waals surface area contributed by atoms with Gasteiger partial charge in [-0.2, -0.15) is 13.2 Å². The average molecular weight is 588 g/mol. The van der Waals surface area contributed by atoms with E-state index in [0.717, 1.165) is 25.0 Å². The Bertz CT molecular complexity index is 1590. The maximum atomic E-state index is 13.1. The Morgan fingerprint density at radius 2 is 1.47 bits per heavy atom. The molecule has 0 aromatic heterocycles. The maximum absolute atomic E-state index is 13.1. The van der Waals surface area contributed by atoms with Crippen LogP contribution in [0.1, 0.15) is 40.4 Å².